The van der Waals surface area contributed by atoms with E-state index in [4.69, 9.17) is 0 Å². The van der Waals surface area contributed by atoms with Crippen molar-refractivity contribution in [1.82, 2.24) is 20.0 Å². The predicted molar refractivity (Wildman–Crippen MR) is 81.3 cm³/mol. The molecule has 1 fully saturated rings. The first-order chi connectivity index (χ1) is 11.1. The number of nitrogens with zero attached hydrogens (tertiary/aromatic N) is 5. The molecular weight excluding hydrogens is 301 g/mol. The van der Waals surface area contributed by atoms with Gasteiger partial charge < -0.3 is 10.0 Å². The van der Waals surface area contributed by atoms with E-state index >= 15 is 0 Å². The van der Waals surface area contributed by atoms with Crippen molar-refractivity contribution in [3.05, 3.63) is 29.6 Å². The molecule has 1 aliphatic rings. The monoisotopic (exact) mass is 315 g/mol. The van der Waals surface area contributed by atoms with Gasteiger partial charge in [0, 0.05) is 18.5 Å². The number of halogens is 1. The molecule has 3 heterocycles. The van der Waals surface area contributed by atoms with Gasteiger partial charge in [-0.05, 0) is 47.9 Å². The summed E-state index contributed by atoms with van der Waals surface area (Å²) in [5.41, 5.74) is 1.21. The van der Waals surface area contributed by atoms with E-state index in [1.54, 1.807) is 6.07 Å². The Bertz CT molecular complexity index is 917. The molecule has 0 radical (unpaired) electrons. The van der Waals surface area contributed by atoms with Gasteiger partial charge in [0.15, 0.2) is 5.65 Å². The van der Waals surface area contributed by atoms with E-state index < -0.39 is 5.97 Å². The predicted octanol–water partition coefficient (Wildman–Crippen LogP) is 2.11. The Kier molecular flexibility index (Phi) is 3.10. The average Bonchev–Trinajstić information content (AvgIpc) is 3.03. The third kappa shape index (κ3) is 2.18. The molecular formula is C15H14FN5O2. The summed E-state index contributed by atoms with van der Waals surface area (Å²) < 4.78 is 15.9. The number of benzene rings is 1. The average molecular weight is 315 g/mol. The lowest BCUT2D eigenvalue weighted by atomic mass is 10.1. The van der Waals surface area contributed by atoms with Crippen LogP contribution < -0.4 is 4.90 Å². The molecule has 0 atom stereocenters. The third-order valence-corrected chi connectivity index (χ3v) is 4.26. The molecule has 7 nitrogen and oxygen atoms in total. The molecule has 0 spiro atoms. The number of rotatable bonds is 2. The number of carbonyl (C=O) groups is 1. The maximum atomic E-state index is 14.5. The zero-order valence-corrected chi connectivity index (χ0v) is 12.2. The van der Waals surface area contributed by atoms with Crippen molar-refractivity contribution in [2.45, 2.75) is 19.3 Å². The van der Waals surface area contributed by atoms with Crippen LogP contribution in [0.1, 0.15) is 29.6 Å². The molecule has 0 aliphatic carbocycles. The number of aromatic carboxylic acids is 1. The van der Waals surface area contributed by atoms with Crippen LogP contribution in [0.25, 0.3) is 16.6 Å². The lowest BCUT2D eigenvalue weighted by Gasteiger charge is -2.29. The maximum Gasteiger partial charge on any atom is 0.339 e. The summed E-state index contributed by atoms with van der Waals surface area (Å²) in [4.78, 5) is 13.4. The Morgan fingerprint density at radius 2 is 1.96 bits per heavy atom. The number of tetrazole rings is 1. The molecule has 0 amide bonds. The highest BCUT2D eigenvalue weighted by atomic mass is 19.1. The standard InChI is InChI=1S/C15H14FN5O2/c16-11-7-9-6-10(15(22)23)14-17-18-19-21(14)12(9)8-13(11)20-4-2-1-3-5-20/h6-8H,1-5H2,(H,22,23). The first-order valence-electron chi connectivity index (χ1n) is 7.48. The molecule has 0 unspecified atom stereocenters. The van der Waals surface area contributed by atoms with Crippen molar-refractivity contribution < 1.29 is 14.3 Å². The van der Waals surface area contributed by atoms with Gasteiger partial charge in [-0.2, -0.15) is 4.52 Å². The van der Waals surface area contributed by atoms with Crippen molar-refractivity contribution in [2.75, 3.05) is 18.0 Å². The second-order valence-corrected chi connectivity index (χ2v) is 5.69. The molecule has 2 aromatic heterocycles. The van der Waals surface area contributed by atoms with E-state index in [1.807, 2.05) is 4.90 Å². The number of carboxylic acid groups (broad SMARTS) is 1. The number of anilines is 1. The van der Waals surface area contributed by atoms with Gasteiger partial charge in [-0.1, -0.05) is 0 Å². The minimum Gasteiger partial charge on any atom is -0.478 e. The van der Waals surface area contributed by atoms with Crippen molar-refractivity contribution in [3.63, 3.8) is 0 Å². The largest absolute Gasteiger partial charge is 0.478 e. The number of fused-ring (bicyclic) bond motifs is 3. The molecule has 4 rings (SSSR count). The van der Waals surface area contributed by atoms with Crippen LogP contribution in [0.5, 0.6) is 0 Å². The first kappa shape index (κ1) is 13.9. The van der Waals surface area contributed by atoms with E-state index in [0.29, 0.717) is 16.6 Å². The zero-order chi connectivity index (χ0) is 16.0. The Labute approximate surface area is 130 Å². The minimum absolute atomic E-state index is 0.0485. The summed E-state index contributed by atoms with van der Waals surface area (Å²) in [6, 6.07) is 4.46. The van der Waals surface area contributed by atoms with E-state index in [-0.39, 0.29) is 17.0 Å². The Hall–Kier alpha value is -2.77. The summed E-state index contributed by atoms with van der Waals surface area (Å²) in [5, 5.41) is 20.9. The van der Waals surface area contributed by atoms with Crippen LogP contribution in [-0.2, 0) is 0 Å². The van der Waals surface area contributed by atoms with Crippen molar-refractivity contribution in [2.24, 2.45) is 0 Å². The lowest BCUT2D eigenvalue weighted by molar-refractivity contribution is 0.0698. The van der Waals surface area contributed by atoms with Gasteiger partial charge in [-0.25, -0.2) is 9.18 Å². The highest BCUT2D eigenvalue weighted by molar-refractivity contribution is 5.99. The number of hydrogen-bond acceptors (Lipinski definition) is 5. The maximum absolute atomic E-state index is 14.5. The van der Waals surface area contributed by atoms with Gasteiger partial charge in [0.1, 0.15) is 11.4 Å². The lowest BCUT2D eigenvalue weighted by Crippen LogP contribution is -2.30. The topological polar surface area (TPSA) is 83.6 Å². The summed E-state index contributed by atoms with van der Waals surface area (Å²) >= 11 is 0. The number of pyridine rings is 1. The van der Waals surface area contributed by atoms with E-state index in [2.05, 4.69) is 15.5 Å². The van der Waals surface area contributed by atoms with Gasteiger partial charge in [0.2, 0.25) is 0 Å². The van der Waals surface area contributed by atoms with Crippen LogP contribution in [0, 0.1) is 5.82 Å². The molecule has 3 aromatic rings. The number of carboxylic acids is 1. The molecule has 0 bridgehead atoms. The summed E-state index contributed by atoms with van der Waals surface area (Å²) in [6.07, 6.45) is 3.23. The van der Waals surface area contributed by atoms with Gasteiger partial charge in [-0.15, -0.1) is 5.10 Å². The summed E-state index contributed by atoms with van der Waals surface area (Å²) in [5.74, 6) is -1.50. The number of hydrogen-bond donors (Lipinski definition) is 1. The summed E-state index contributed by atoms with van der Waals surface area (Å²) in [6.45, 7) is 1.63. The van der Waals surface area contributed by atoms with Crippen LogP contribution >= 0.6 is 0 Å². The fourth-order valence-electron chi connectivity index (χ4n) is 3.14. The van der Waals surface area contributed by atoms with Crippen molar-refractivity contribution in [1.29, 1.82) is 0 Å². The molecule has 118 valence electrons. The molecule has 1 aromatic carbocycles. The Balaban J connectivity index is 1.97. The molecule has 1 saturated heterocycles. The normalized spacial score (nSPS) is 15.4. The molecule has 0 saturated carbocycles. The fraction of sp³-hybridized carbons (Fsp3) is 0.333. The highest BCUT2D eigenvalue weighted by Gasteiger charge is 2.20. The van der Waals surface area contributed by atoms with Gasteiger partial charge >= 0.3 is 5.97 Å². The molecule has 1 N–H and O–H groups in total. The first-order valence-corrected chi connectivity index (χ1v) is 7.48. The van der Waals surface area contributed by atoms with Crippen LogP contribution in [0.15, 0.2) is 18.2 Å². The quantitative estimate of drug-likeness (QED) is 0.780. The fourth-order valence-corrected chi connectivity index (χ4v) is 3.14. The molecule has 1 aliphatic heterocycles. The third-order valence-electron chi connectivity index (χ3n) is 4.26. The van der Waals surface area contributed by atoms with Crippen LogP contribution in [0.3, 0.4) is 0 Å². The SMILES string of the molecule is O=C(O)c1cc2cc(F)c(N3CCCCC3)cc2n2nnnc12. The van der Waals surface area contributed by atoms with E-state index in [0.717, 1.165) is 32.4 Å². The number of aromatic nitrogens is 4. The van der Waals surface area contributed by atoms with Crippen LogP contribution in [0.2, 0.25) is 0 Å². The van der Waals surface area contributed by atoms with Crippen molar-refractivity contribution in [3.8, 4) is 0 Å². The Morgan fingerprint density at radius 1 is 1.17 bits per heavy atom. The zero-order valence-electron chi connectivity index (χ0n) is 12.2. The Morgan fingerprint density at radius 3 is 2.70 bits per heavy atom. The van der Waals surface area contributed by atoms with Crippen LogP contribution in [-0.4, -0.2) is 44.2 Å². The van der Waals surface area contributed by atoms with Crippen LogP contribution in [0.4, 0.5) is 10.1 Å². The van der Waals surface area contributed by atoms with Gasteiger partial charge in [0.05, 0.1) is 11.2 Å². The van der Waals surface area contributed by atoms with E-state index in [9.17, 15) is 14.3 Å². The summed E-state index contributed by atoms with van der Waals surface area (Å²) in [7, 11) is 0. The van der Waals surface area contributed by atoms with Crippen molar-refractivity contribution >= 4 is 28.2 Å². The smallest absolute Gasteiger partial charge is 0.339 e. The van der Waals surface area contributed by atoms with Gasteiger partial charge in [0.25, 0.3) is 0 Å². The second-order valence-electron chi connectivity index (χ2n) is 5.69. The molecule has 23 heavy (non-hydrogen) atoms. The minimum atomic E-state index is -1.15. The van der Waals surface area contributed by atoms with E-state index in [1.165, 1.54) is 16.6 Å². The number of piperidine rings is 1. The highest BCUT2D eigenvalue weighted by Crippen LogP contribution is 2.29. The second kappa shape index (κ2) is 5.15. The van der Waals surface area contributed by atoms with Gasteiger partial charge in [-0.3, -0.25) is 0 Å². The molecule has 8 heteroatoms.